The van der Waals surface area contributed by atoms with Crippen molar-refractivity contribution in [2.45, 2.75) is 32.6 Å². The van der Waals surface area contributed by atoms with Gasteiger partial charge in [-0.25, -0.2) is 4.98 Å². The first-order valence-electron chi connectivity index (χ1n) is 6.71. The van der Waals surface area contributed by atoms with Crippen LogP contribution in [0.3, 0.4) is 0 Å². The van der Waals surface area contributed by atoms with Crippen molar-refractivity contribution < 1.29 is 4.42 Å². The third kappa shape index (κ3) is 3.44. The fraction of sp³-hybridized carbons (Fsp3) is 0.438. The first-order valence-corrected chi connectivity index (χ1v) is 6.71. The monoisotopic (exact) mass is 258 g/mol. The maximum atomic E-state index is 5.75. The van der Waals surface area contributed by atoms with Crippen molar-refractivity contribution in [3.63, 3.8) is 0 Å². The van der Waals surface area contributed by atoms with Crippen LogP contribution < -0.4 is 5.32 Å². The standard InChI is InChI=1S/C16H22N2O/c1-16(2,3)13-7-5-12(6-8-13)14-11-18-15(19-14)9-10-17-4/h5-8,11,17H,9-10H2,1-4H3. The van der Waals surface area contributed by atoms with Crippen molar-refractivity contribution in [1.29, 1.82) is 0 Å². The molecule has 0 atom stereocenters. The summed E-state index contributed by atoms with van der Waals surface area (Å²) < 4.78 is 5.75. The van der Waals surface area contributed by atoms with E-state index in [0.717, 1.165) is 30.2 Å². The Hall–Kier alpha value is -1.61. The number of aromatic nitrogens is 1. The zero-order chi connectivity index (χ0) is 13.9. The number of hydrogen-bond acceptors (Lipinski definition) is 3. The van der Waals surface area contributed by atoms with Crippen molar-refractivity contribution in [1.82, 2.24) is 10.3 Å². The van der Waals surface area contributed by atoms with Crippen LogP contribution in [0, 0.1) is 0 Å². The molecule has 0 saturated carbocycles. The van der Waals surface area contributed by atoms with Crippen LogP contribution in [0.1, 0.15) is 32.2 Å². The molecule has 0 radical (unpaired) electrons. The van der Waals surface area contributed by atoms with E-state index in [2.05, 4.69) is 55.3 Å². The normalized spacial score (nSPS) is 11.8. The summed E-state index contributed by atoms with van der Waals surface area (Å²) in [6, 6.07) is 8.52. The van der Waals surface area contributed by atoms with E-state index in [0.29, 0.717) is 0 Å². The SMILES string of the molecule is CNCCc1ncc(-c2ccc(C(C)(C)C)cc2)o1. The van der Waals surface area contributed by atoms with Crippen molar-refractivity contribution in [3.8, 4) is 11.3 Å². The van der Waals surface area contributed by atoms with Crippen LogP contribution >= 0.6 is 0 Å². The van der Waals surface area contributed by atoms with Crippen LogP contribution in [-0.4, -0.2) is 18.6 Å². The second-order valence-electron chi connectivity index (χ2n) is 5.80. The number of nitrogens with zero attached hydrogens (tertiary/aromatic N) is 1. The molecule has 0 aliphatic heterocycles. The molecule has 19 heavy (non-hydrogen) atoms. The van der Waals surface area contributed by atoms with E-state index in [1.807, 2.05) is 7.05 Å². The largest absolute Gasteiger partial charge is 0.441 e. The third-order valence-corrected chi connectivity index (χ3v) is 3.18. The lowest BCUT2D eigenvalue weighted by molar-refractivity contribution is 0.500. The van der Waals surface area contributed by atoms with Gasteiger partial charge in [-0.05, 0) is 18.0 Å². The summed E-state index contributed by atoms with van der Waals surface area (Å²) >= 11 is 0. The van der Waals surface area contributed by atoms with Crippen LogP contribution in [0.25, 0.3) is 11.3 Å². The molecule has 3 heteroatoms. The Morgan fingerprint density at radius 1 is 1.16 bits per heavy atom. The number of oxazole rings is 1. The molecule has 0 amide bonds. The highest BCUT2D eigenvalue weighted by Gasteiger charge is 2.14. The zero-order valence-corrected chi connectivity index (χ0v) is 12.2. The van der Waals surface area contributed by atoms with E-state index in [4.69, 9.17) is 4.42 Å². The molecule has 102 valence electrons. The summed E-state index contributed by atoms with van der Waals surface area (Å²) in [7, 11) is 1.93. The maximum absolute atomic E-state index is 5.75. The molecular weight excluding hydrogens is 236 g/mol. The minimum Gasteiger partial charge on any atom is -0.441 e. The van der Waals surface area contributed by atoms with E-state index in [9.17, 15) is 0 Å². The lowest BCUT2D eigenvalue weighted by Crippen LogP contribution is -2.10. The molecule has 0 bridgehead atoms. The molecule has 1 aromatic carbocycles. The average Bonchev–Trinajstić information content (AvgIpc) is 2.84. The Labute approximate surface area is 115 Å². The molecule has 3 nitrogen and oxygen atoms in total. The van der Waals surface area contributed by atoms with Gasteiger partial charge < -0.3 is 9.73 Å². The van der Waals surface area contributed by atoms with Crippen LogP contribution in [-0.2, 0) is 11.8 Å². The quantitative estimate of drug-likeness (QED) is 0.913. The first-order chi connectivity index (χ1) is 9.00. The Bertz CT molecular complexity index is 520. The second-order valence-corrected chi connectivity index (χ2v) is 5.80. The van der Waals surface area contributed by atoms with Gasteiger partial charge in [-0.15, -0.1) is 0 Å². The van der Waals surface area contributed by atoms with E-state index in [-0.39, 0.29) is 5.41 Å². The molecular formula is C16H22N2O. The fourth-order valence-corrected chi connectivity index (χ4v) is 1.93. The highest BCUT2D eigenvalue weighted by atomic mass is 16.4. The summed E-state index contributed by atoms with van der Waals surface area (Å²) in [5.41, 5.74) is 2.58. The average molecular weight is 258 g/mol. The Kier molecular flexibility index (Phi) is 4.05. The molecule has 1 heterocycles. The maximum Gasteiger partial charge on any atom is 0.196 e. The van der Waals surface area contributed by atoms with Gasteiger partial charge in [-0.1, -0.05) is 45.0 Å². The summed E-state index contributed by atoms with van der Waals surface area (Å²) in [6.07, 6.45) is 2.62. The van der Waals surface area contributed by atoms with E-state index < -0.39 is 0 Å². The van der Waals surface area contributed by atoms with Gasteiger partial charge in [-0.2, -0.15) is 0 Å². The molecule has 0 aliphatic rings. The minimum absolute atomic E-state index is 0.178. The predicted molar refractivity (Wildman–Crippen MR) is 78.3 cm³/mol. The minimum atomic E-state index is 0.178. The van der Waals surface area contributed by atoms with Gasteiger partial charge in [0.2, 0.25) is 0 Å². The van der Waals surface area contributed by atoms with Crippen molar-refractivity contribution in [2.75, 3.05) is 13.6 Å². The first kappa shape index (κ1) is 13.8. The molecule has 2 rings (SSSR count). The van der Waals surface area contributed by atoms with Gasteiger partial charge in [0.25, 0.3) is 0 Å². The van der Waals surface area contributed by atoms with Crippen molar-refractivity contribution in [2.24, 2.45) is 0 Å². The topological polar surface area (TPSA) is 38.1 Å². The second kappa shape index (κ2) is 5.57. The number of rotatable bonds is 4. The molecule has 2 aromatic rings. The molecule has 1 N–H and O–H groups in total. The number of likely N-dealkylation sites (N-methyl/N-ethyl adjacent to an activating group) is 1. The Morgan fingerprint density at radius 3 is 2.42 bits per heavy atom. The lowest BCUT2D eigenvalue weighted by atomic mass is 9.86. The highest BCUT2D eigenvalue weighted by molar-refractivity contribution is 5.57. The number of benzene rings is 1. The van der Waals surface area contributed by atoms with Gasteiger partial charge in [0, 0.05) is 18.5 Å². The molecule has 0 spiro atoms. The van der Waals surface area contributed by atoms with E-state index >= 15 is 0 Å². The number of hydrogen-bond donors (Lipinski definition) is 1. The van der Waals surface area contributed by atoms with Crippen LogP contribution in [0.4, 0.5) is 0 Å². The van der Waals surface area contributed by atoms with Gasteiger partial charge in [-0.3, -0.25) is 0 Å². The van der Waals surface area contributed by atoms with Gasteiger partial charge in [0.1, 0.15) is 0 Å². The fourth-order valence-electron chi connectivity index (χ4n) is 1.93. The zero-order valence-electron chi connectivity index (χ0n) is 12.2. The summed E-state index contributed by atoms with van der Waals surface area (Å²) in [6.45, 7) is 7.52. The Morgan fingerprint density at radius 2 is 1.84 bits per heavy atom. The lowest BCUT2D eigenvalue weighted by Gasteiger charge is -2.18. The van der Waals surface area contributed by atoms with Gasteiger partial charge >= 0.3 is 0 Å². The van der Waals surface area contributed by atoms with Crippen molar-refractivity contribution in [3.05, 3.63) is 41.9 Å². The van der Waals surface area contributed by atoms with E-state index in [1.54, 1.807) is 6.20 Å². The van der Waals surface area contributed by atoms with Crippen LogP contribution in [0.2, 0.25) is 0 Å². The molecule has 0 saturated heterocycles. The summed E-state index contributed by atoms with van der Waals surface area (Å²) in [5, 5.41) is 3.09. The van der Waals surface area contributed by atoms with Crippen LogP contribution in [0.5, 0.6) is 0 Å². The smallest absolute Gasteiger partial charge is 0.196 e. The predicted octanol–water partition coefficient (Wildman–Crippen LogP) is 3.40. The number of nitrogens with one attached hydrogen (secondary N) is 1. The van der Waals surface area contributed by atoms with Crippen molar-refractivity contribution >= 4 is 0 Å². The molecule has 0 aliphatic carbocycles. The molecule has 1 aromatic heterocycles. The summed E-state index contributed by atoms with van der Waals surface area (Å²) in [4.78, 5) is 4.29. The van der Waals surface area contributed by atoms with Gasteiger partial charge in [0.05, 0.1) is 6.20 Å². The van der Waals surface area contributed by atoms with Crippen LogP contribution in [0.15, 0.2) is 34.9 Å². The van der Waals surface area contributed by atoms with E-state index in [1.165, 1.54) is 5.56 Å². The third-order valence-electron chi connectivity index (χ3n) is 3.18. The molecule has 0 fully saturated rings. The Balaban J connectivity index is 2.16. The summed E-state index contributed by atoms with van der Waals surface area (Å²) in [5.74, 6) is 1.62. The molecule has 0 unspecified atom stereocenters. The highest BCUT2D eigenvalue weighted by Crippen LogP contribution is 2.26. The van der Waals surface area contributed by atoms with Gasteiger partial charge in [0.15, 0.2) is 11.7 Å².